The van der Waals surface area contributed by atoms with Crippen molar-refractivity contribution in [2.75, 3.05) is 59.1 Å². The molecule has 0 unspecified atom stereocenters. The molecular formula is C21H29N3O6S. The monoisotopic (exact) mass is 451 g/mol. The Morgan fingerprint density at radius 1 is 1.10 bits per heavy atom. The Morgan fingerprint density at radius 2 is 1.74 bits per heavy atom. The number of methoxy groups -OCH3 is 3. The Kier molecular flexibility index (Phi) is 7.91. The second-order valence-corrected chi connectivity index (χ2v) is 8.21. The van der Waals surface area contributed by atoms with Gasteiger partial charge in [-0.2, -0.15) is 11.8 Å². The number of thioether (sulfide) groups is 1. The maximum atomic E-state index is 13.0. The van der Waals surface area contributed by atoms with E-state index in [4.69, 9.17) is 18.9 Å². The van der Waals surface area contributed by atoms with Gasteiger partial charge in [-0.1, -0.05) is 0 Å². The Morgan fingerprint density at radius 3 is 2.35 bits per heavy atom. The van der Waals surface area contributed by atoms with Crippen LogP contribution in [0.3, 0.4) is 0 Å². The molecule has 0 spiro atoms. The second-order valence-electron chi connectivity index (χ2n) is 6.98. The molecule has 1 aromatic carbocycles. The van der Waals surface area contributed by atoms with Gasteiger partial charge in [-0.05, 0) is 13.0 Å². The van der Waals surface area contributed by atoms with Gasteiger partial charge >= 0.3 is 12.0 Å². The maximum Gasteiger partial charge on any atom is 0.338 e. The predicted octanol–water partition coefficient (Wildman–Crippen LogP) is 1.93. The third-order valence-corrected chi connectivity index (χ3v) is 6.12. The summed E-state index contributed by atoms with van der Waals surface area (Å²) in [5.41, 5.74) is 1.46. The van der Waals surface area contributed by atoms with Crippen LogP contribution in [-0.2, 0) is 9.53 Å². The fourth-order valence-electron chi connectivity index (χ4n) is 3.69. The smallest absolute Gasteiger partial charge is 0.338 e. The normalized spacial score (nSPS) is 19.4. The Balaban J connectivity index is 2.10. The molecular weight excluding hydrogens is 422 g/mol. The average Bonchev–Trinajstić information content (AvgIpc) is 2.78. The molecule has 2 aliphatic heterocycles. The fraction of sp³-hybridized carbons (Fsp3) is 0.524. The van der Waals surface area contributed by atoms with Gasteiger partial charge in [-0.3, -0.25) is 4.90 Å². The molecule has 9 nitrogen and oxygen atoms in total. The summed E-state index contributed by atoms with van der Waals surface area (Å²) in [6, 6.07) is 2.22. The zero-order chi connectivity index (χ0) is 22.4. The maximum absolute atomic E-state index is 13.0. The third-order valence-electron chi connectivity index (χ3n) is 5.18. The van der Waals surface area contributed by atoms with E-state index < -0.39 is 18.0 Å². The number of hydrogen-bond acceptors (Lipinski definition) is 8. The van der Waals surface area contributed by atoms with E-state index in [2.05, 4.69) is 15.5 Å². The summed E-state index contributed by atoms with van der Waals surface area (Å²) >= 11 is 1.90. The minimum atomic E-state index is -0.767. The number of esters is 1. The summed E-state index contributed by atoms with van der Waals surface area (Å²) in [5, 5.41) is 5.67. The highest BCUT2D eigenvalue weighted by Crippen LogP contribution is 2.41. The molecule has 170 valence electrons. The summed E-state index contributed by atoms with van der Waals surface area (Å²) in [7, 11) is 4.58. The Hall–Kier alpha value is -2.59. The molecule has 1 saturated heterocycles. The number of rotatable bonds is 8. The number of amides is 2. The average molecular weight is 452 g/mol. The van der Waals surface area contributed by atoms with E-state index in [9.17, 15) is 9.59 Å². The molecule has 2 N–H and O–H groups in total. The van der Waals surface area contributed by atoms with Gasteiger partial charge in [0.25, 0.3) is 0 Å². The van der Waals surface area contributed by atoms with E-state index in [1.165, 1.54) is 21.3 Å². The van der Waals surface area contributed by atoms with Gasteiger partial charge in [0, 0.05) is 48.5 Å². The van der Waals surface area contributed by atoms with Crippen LogP contribution in [0.15, 0.2) is 23.4 Å². The first-order valence-corrected chi connectivity index (χ1v) is 11.3. The van der Waals surface area contributed by atoms with E-state index in [1.54, 1.807) is 19.1 Å². The van der Waals surface area contributed by atoms with Crippen LogP contribution in [0, 0.1) is 0 Å². The van der Waals surface area contributed by atoms with Gasteiger partial charge < -0.3 is 29.6 Å². The number of hydrogen-bond donors (Lipinski definition) is 2. The molecule has 0 aliphatic carbocycles. The van der Waals surface area contributed by atoms with Gasteiger partial charge in [0.2, 0.25) is 0 Å². The van der Waals surface area contributed by atoms with Crippen LogP contribution in [0.25, 0.3) is 0 Å². The van der Waals surface area contributed by atoms with Crippen molar-refractivity contribution in [2.45, 2.75) is 13.0 Å². The van der Waals surface area contributed by atoms with E-state index in [-0.39, 0.29) is 6.61 Å². The van der Waals surface area contributed by atoms with Gasteiger partial charge in [0.05, 0.1) is 39.6 Å². The molecule has 0 saturated carbocycles. The number of ether oxygens (including phenoxy) is 4. The van der Waals surface area contributed by atoms with Crippen LogP contribution in [0.2, 0.25) is 0 Å². The number of urea groups is 1. The Labute approximate surface area is 186 Å². The highest BCUT2D eigenvalue weighted by molar-refractivity contribution is 7.99. The first-order chi connectivity index (χ1) is 15.0. The largest absolute Gasteiger partial charge is 0.496 e. The number of carbonyl (C=O) groups excluding carboxylic acids is 2. The summed E-state index contributed by atoms with van der Waals surface area (Å²) in [4.78, 5) is 27.8. The molecule has 1 atom stereocenters. The SMILES string of the molecule is CCOC(=O)C1=C(CN2CCSCC2)NC(=O)N[C@@H]1c1cc(OC)c(OC)cc1OC. The van der Waals surface area contributed by atoms with Crippen molar-refractivity contribution in [3.63, 3.8) is 0 Å². The third kappa shape index (κ3) is 5.19. The Bertz CT molecular complexity index is 854. The molecule has 2 aliphatic rings. The van der Waals surface area contributed by atoms with Crippen molar-refractivity contribution in [3.05, 3.63) is 29.0 Å². The molecule has 1 aromatic rings. The van der Waals surface area contributed by atoms with Crippen molar-refractivity contribution < 1.29 is 28.5 Å². The molecule has 1 fully saturated rings. The van der Waals surface area contributed by atoms with Crippen LogP contribution in [0.5, 0.6) is 17.2 Å². The van der Waals surface area contributed by atoms with E-state index in [0.717, 1.165) is 24.6 Å². The van der Waals surface area contributed by atoms with Crippen molar-refractivity contribution in [2.24, 2.45) is 0 Å². The standard InChI is InChI=1S/C21H29N3O6S/c1-5-30-20(25)18-14(12-24-6-8-31-9-7-24)22-21(26)23-19(18)13-10-16(28-3)17(29-4)11-15(13)27-2/h10-11,19H,5-9,12H2,1-4H3,(H2,22,23,26)/t19-/m1/s1. The lowest BCUT2D eigenvalue weighted by Crippen LogP contribution is -2.49. The zero-order valence-electron chi connectivity index (χ0n) is 18.3. The molecule has 3 rings (SSSR count). The minimum absolute atomic E-state index is 0.222. The van der Waals surface area contributed by atoms with Crippen molar-refractivity contribution in [1.82, 2.24) is 15.5 Å². The lowest BCUT2D eigenvalue weighted by atomic mass is 9.93. The van der Waals surface area contributed by atoms with Crippen LogP contribution in [-0.4, -0.2) is 76.0 Å². The van der Waals surface area contributed by atoms with E-state index in [1.807, 2.05) is 11.8 Å². The molecule has 31 heavy (non-hydrogen) atoms. The van der Waals surface area contributed by atoms with Gasteiger partial charge in [0.15, 0.2) is 11.5 Å². The second kappa shape index (κ2) is 10.6. The highest BCUT2D eigenvalue weighted by Gasteiger charge is 2.36. The number of carbonyl (C=O) groups is 2. The van der Waals surface area contributed by atoms with Crippen LogP contribution >= 0.6 is 11.8 Å². The molecule has 0 bridgehead atoms. The molecule has 2 amide bonds. The zero-order valence-corrected chi connectivity index (χ0v) is 19.1. The van der Waals surface area contributed by atoms with Crippen LogP contribution in [0.1, 0.15) is 18.5 Å². The van der Waals surface area contributed by atoms with Crippen molar-refractivity contribution in [3.8, 4) is 17.2 Å². The van der Waals surface area contributed by atoms with Crippen molar-refractivity contribution in [1.29, 1.82) is 0 Å². The number of nitrogens with zero attached hydrogens (tertiary/aromatic N) is 1. The quantitative estimate of drug-likeness (QED) is 0.579. The van der Waals surface area contributed by atoms with Gasteiger partial charge in [-0.25, -0.2) is 9.59 Å². The van der Waals surface area contributed by atoms with Gasteiger partial charge in [0.1, 0.15) is 5.75 Å². The summed E-state index contributed by atoms with van der Waals surface area (Å²) in [5.74, 6) is 2.95. The van der Waals surface area contributed by atoms with Gasteiger partial charge in [-0.15, -0.1) is 0 Å². The summed E-state index contributed by atoms with van der Waals surface area (Å²) < 4.78 is 21.7. The fourth-order valence-corrected chi connectivity index (χ4v) is 4.67. The van der Waals surface area contributed by atoms with Crippen molar-refractivity contribution >= 4 is 23.8 Å². The lowest BCUT2D eigenvalue weighted by molar-refractivity contribution is -0.139. The number of benzene rings is 1. The van der Waals surface area contributed by atoms with Crippen LogP contribution in [0.4, 0.5) is 4.79 Å². The first kappa shape index (κ1) is 23.1. The highest BCUT2D eigenvalue weighted by atomic mass is 32.2. The van der Waals surface area contributed by atoms with Crippen LogP contribution < -0.4 is 24.8 Å². The topological polar surface area (TPSA) is 98.4 Å². The lowest BCUT2D eigenvalue weighted by Gasteiger charge is -2.33. The minimum Gasteiger partial charge on any atom is -0.496 e. The molecule has 0 radical (unpaired) electrons. The van der Waals surface area contributed by atoms with E-state index >= 15 is 0 Å². The first-order valence-electron chi connectivity index (χ1n) is 10.1. The van der Waals surface area contributed by atoms with E-state index in [0.29, 0.717) is 40.6 Å². The summed E-state index contributed by atoms with van der Waals surface area (Å²) in [6.07, 6.45) is 0. The number of nitrogens with one attached hydrogen (secondary N) is 2. The molecule has 2 heterocycles. The molecule has 10 heteroatoms. The molecule has 0 aromatic heterocycles. The summed E-state index contributed by atoms with van der Waals surface area (Å²) in [6.45, 7) is 4.20. The predicted molar refractivity (Wildman–Crippen MR) is 118 cm³/mol.